The van der Waals surface area contributed by atoms with Crippen molar-refractivity contribution in [3.8, 4) is 5.75 Å². The monoisotopic (exact) mass is 386 g/mol. The number of hydrogen-bond donors (Lipinski definition) is 1. The molecular formula is C19H15FN2O4S. The number of nitro benzene ring substituents is 1. The van der Waals surface area contributed by atoms with Gasteiger partial charge < -0.3 is 10.1 Å². The van der Waals surface area contributed by atoms with Crippen LogP contribution >= 0.6 is 11.3 Å². The molecule has 0 aliphatic rings. The minimum absolute atomic E-state index is 0.289. The third-order valence-electron chi connectivity index (χ3n) is 3.74. The first-order chi connectivity index (χ1) is 13.0. The van der Waals surface area contributed by atoms with Crippen LogP contribution in [0, 0.1) is 15.9 Å². The van der Waals surface area contributed by atoms with Crippen LogP contribution in [0.25, 0.3) is 0 Å². The average Bonchev–Trinajstić information content (AvgIpc) is 3.19. The molecule has 1 amide bonds. The molecule has 0 aliphatic carbocycles. The summed E-state index contributed by atoms with van der Waals surface area (Å²) in [7, 11) is 0. The van der Waals surface area contributed by atoms with Crippen LogP contribution in [0.5, 0.6) is 5.75 Å². The van der Waals surface area contributed by atoms with E-state index in [4.69, 9.17) is 4.74 Å². The number of benzene rings is 2. The second kappa shape index (κ2) is 8.41. The molecule has 0 saturated heterocycles. The van der Waals surface area contributed by atoms with Crippen molar-refractivity contribution in [3.63, 3.8) is 0 Å². The van der Waals surface area contributed by atoms with Gasteiger partial charge in [0.05, 0.1) is 11.0 Å². The van der Waals surface area contributed by atoms with E-state index in [0.717, 1.165) is 28.6 Å². The maximum absolute atomic E-state index is 13.4. The van der Waals surface area contributed by atoms with Crippen molar-refractivity contribution < 1.29 is 18.8 Å². The van der Waals surface area contributed by atoms with Crippen molar-refractivity contribution in [1.82, 2.24) is 5.32 Å². The van der Waals surface area contributed by atoms with Crippen LogP contribution in [0.15, 0.2) is 66.0 Å². The predicted octanol–water partition coefficient (Wildman–Crippen LogP) is 4.08. The highest BCUT2D eigenvalue weighted by Crippen LogP contribution is 2.28. The van der Waals surface area contributed by atoms with E-state index >= 15 is 0 Å². The lowest BCUT2D eigenvalue weighted by Crippen LogP contribution is -2.33. The molecule has 6 nitrogen and oxygen atoms in total. The largest absolute Gasteiger partial charge is 0.477 e. The van der Waals surface area contributed by atoms with Gasteiger partial charge in [-0.3, -0.25) is 14.9 Å². The Morgan fingerprint density at radius 2 is 1.96 bits per heavy atom. The number of ether oxygens (including phenoxy) is 1. The third kappa shape index (κ3) is 4.68. The Balaban J connectivity index is 1.73. The first kappa shape index (κ1) is 18.5. The summed E-state index contributed by atoms with van der Waals surface area (Å²) in [5, 5.41) is 15.8. The number of hydrogen-bond acceptors (Lipinski definition) is 5. The molecule has 0 radical (unpaired) electrons. The van der Waals surface area contributed by atoms with Crippen LogP contribution in [-0.4, -0.2) is 17.4 Å². The van der Waals surface area contributed by atoms with Crippen molar-refractivity contribution in [3.05, 3.63) is 92.4 Å². The molecule has 0 saturated carbocycles. The second-order valence-corrected chi connectivity index (χ2v) is 6.56. The Bertz CT molecular complexity index is 932. The predicted molar refractivity (Wildman–Crippen MR) is 99.3 cm³/mol. The molecule has 8 heteroatoms. The minimum atomic E-state index is -0.689. The number of amides is 1. The highest BCUT2D eigenvalue weighted by atomic mass is 32.1. The fourth-order valence-corrected chi connectivity index (χ4v) is 3.32. The van der Waals surface area contributed by atoms with Crippen molar-refractivity contribution in [2.45, 2.75) is 6.04 Å². The summed E-state index contributed by atoms with van der Waals surface area (Å²) < 4.78 is 18.6. The molecule has 1 atom stereocenters. The number of thiophene rings is 1. The van der Waals surface area contributed by atoms with Crippen LogP contribution in [0.1, 0.15) is 16.5 Å². The molecule has 1 heterocycles. The molecule has 0 aliphatic heterocycles. The van der Waals surface area contributed by atoms with Gasteiger partial charge in [-0.1, -0.05) is 36.4 Å². The SMILES string of the molecule is O=C(COc1cc(F)ccc1[N+](=O)[O-])NC(c1ccccc1)c1cccs1. The maximum atomic E-state index is 13.4. The second-order valence-electron chi connectivity index (χ2n) is 5.58. The number of rotatable bonds is 7. The lowest BCUT2D eigenvalue weighted by Gasteiger charge is -2.18. The zero-order valence-corrected chi connectivity index (χ0v) is 14.8. The van der Waals surface area contributed by atoms with Crippen LogP contribution in [0.2, 0.25) is 0 Å². The molecule has 0 bridgehead atoms. The Morgan fingerprint density at radius 3 is 2.63 bits per heavy atom. The highest BCUT2D eigenvalue weighted by Gasteiger charge is 2.20. The number of carbonyl (C=O) groups excluding carboxylic acids is 1. The molecule has 2 aromatic carbocycles. The van der Waals surface area contributed by atoms with Gasteiger partial charge in [-0.25, -0.2) is 4.39 Å². The van der Waals surface area contributed by atoms with Gasteiger partial charge in [0.15, 0.2) is 6.61 Å². The molecule has 138 valence electrons. The molecular weight excluding hydrogens is 371 g/mol. The highest BCUT2D eigenvalue weighted by molar-refractivity contribution is 7.10. The first-order valence-corrected chi connectivity index (χ1v) is 8.87. The Hall–Kier alpha value is -3.26. The van der Waals surface area contributed by atoms with E-state index in [1.54, 1.807) is 0 Å². The number of nitro groups is 1. The molecule has 0 spiro atoms. The molecule has 1 N–H and O–H groups in total. The summed E-state index contributed by atoms with van der Waals surface area (Å²) in [5.74, 6) is -1.45. The quantitative estimate of drug-likeness (QED) is 0.490. The molecule has 0 fully saturated rings. The van der Waals surface area contributed by atoms with E-state index in [1.165, 1.54) is 11.3 Å². The van der Waals surface area contributed by atoms with Gasteiger partial charge in [0.2, 0.25) is 5.75 Å². The van der Waals surface area contributed by atoms with Crippen molar-refractivity contribution in [1.29, 1.82) is 0 Å². The molecule has 1 aromatic heterocycles. The van der Waals surface area contributed by atoms with Crippen molar-refractivity contribution >= 4 is 22.9 Å². The molecule has 27 heavy (non-hydrogen) atoms. The summed E-state index contributed by atoms with van der Waals surface area (Å²) in [4.78, 5) is 23.6. The zero-order valence-electron chi connectivity index (χ0n) is 14.0. The lowest BCUT2D eigenvalue weighted by atomic mass is 10.1. The summed E-state index contributed by atoms with van der Waals surface area (Å²) >= 11 is 1.50. The molecule has 3 rings (SSSR count). The van der Waals surface area contributed by atoms with Gasteiger partial charge in [0.25, 0.3) is 5.91 Å². The standard InChI is InChI=1S/C19H15FN2O4S/c20-14-8-9-15(22(24)25)16(11-14)26-12-18(23)21-19(17-7-4-10-27-17)13-5-2-1-3-6-13/h1-11,19H,12H2,(H,21,23). The number of halogens is 1. The minimum Gasteiger partial charge on any atom is -0.477 e. The van der Waals surface area contributed by atoms with E-state index < -0.39 is 28.9 Å². The van der Waals surface area contributed by atoms with Crippen molar-refractivity contribution in [2.24, 2.45) is 0 Å². The van der Waals surface area contributed by atoms with Gasteiger partial charge in [0, 0.05) is 17.0 Å². The third-order valence-corrected chi connectivity index (χ3v) is 4.68. The van der Waals surface area contributed by atoms with E-state index in [9.17, 15) is 19.3 Å². The van der Waals surface area contributed by atoms with Gasteiger partial charge in [-0.05, 0) is 23.1 Å². The van der Waals surface area contributed by atoms with Crippen LogP contribution in [0.4, 0.5) is 10.1 Å². The fraction of sp³-hybridized carbons (Fsp3) is 0.105. The van der Waals surface area contributed by atoms with Gasteiger partial charge in [0.1, 0.15) is 5.82 Å². The summed E-state index contributed by atoms with van der Waals surface area (Å²) in [6.07, 6.45) is 0. The van der Waals surface area contributed by atoms with E-state index in [2.05, 4.69) is 5.32 Å². The van der Waals surface area contributed by atoms with Crippen LogP contribution < -0.4 is 10.1 Å². The Morgan fingerprint density at radius 1 is 1.19 bits per heavy atom. The van der Waals surface area contributed by atoms with E-state index in [0.29, 0.717) is 0 Å². The van der Waals surface area contributed by atoms with E-state index in [-0.39, 0.29) is 11.8 Å². The van der Waals surface area contributed by atoms with Gasteiger partial charge in [-0.2, -0.15) is 0 Å². The summed E-state index contributed by atoms with van der Waals surface area (Å²) in [6.45, 7) is -0.473. The van der Waals surface area contributed by atoms with Crippen LogP contribution in [0.3, 0.4) is 0 Å². The summed E-state index contributed by atoms with van der Waals surface area (Å²) in [6, 6.07) is 15.7. The average molecular weight is 386 g/mol. The van der Waals surface area contributed by atoms with E-state index in [1.807, 2.05) is 47.8 Å². The Labute approximate surface area is 158 Å². The van der Waals surface area contributed by atoms with Crippen LogP contribution in [-0.2, 0) is 4.79 Å². The van der Waals surface area contributed by atoms with Gasteiger partial charge >= 0.3 is 5.69 Å². The smallest absolute Gasteiger partial charge is 0.311 e. The fourth-order valence-electron chi connectivity index (χ4n) is 2.52. The normalized spacial score (nSPS) is 11.6. The first-order valence-electron chi connectivity index (χ1n) is 7.99. The van der Waals surface area contributed by atoms with Crippen molar-refractivity contribution in [2.75, 3.05) is 6.61 Å². The topological polar surface area (TPSA) is 81.5 Å². The zero-order chi connectivity index (χ0) is 19.2. The molecule has 3 aromatic rings. The maximum Gasteiger partial charge on any atom is 0.311 e. The lowest BCUT2D eigenvalue weighted by molar-refractivity contribution is -0.385. The molecule has 1 unspecified atom stereocenters. The number of carbonyl (C=O) groups is 1. The Kier molecular flexibility index (Phi) is 5.77. The summed E-state index contributed by atoms with van der Waals surface area (Å²) in [5.41, 5.74) is 0.493. The number of nitrogens with zero attached hydrogens (tertiary/aromatic N) is 1. The number of nitrogens with one attached hydrogen (secondary N) is 1. The van der Waals surface area contributed by atoms with Gasteiger partial charge in [-0.15, -0.1) is 11.3 Å².